The van der Waals surface area contributed by atoms with Crippen molar-refractivity contribution in [2.45, 2.75) is 26.9 Å². The normalized spacial score (nSPS) is 14.2. The zero-order valence-electron chi connectivity index (χ0n) is 19.7. The lowest BCUT2D eigenvalue weighted by Crippen LogP contribution is -2.38. The van der Waals surface area contributed by atoms with Gasteiger partial charge in [0.15, 0.2) is 0 Å². The van der Waals surface area contributed by atoms with Gasteiger partial charge in [0.2, 0.25) is 5.91 Å². The second-order valence-corrected chi connectivity index (χ2v) is 8.25. The summed E-state index contributed by atoms with van der Waals surface area (Å²) in [7, 11) is 0. The molecule has 2 N–H and O–H groups in total. The van der Waals surface area contributed by atoms with Crippen LogP contribution in [0.2, 0.25) is 0 Å². The van der Waals surface area contributed by atoms with E-state index in [-0.39, 0.29) is 12.2 Å². The number of urea groups is 1. The largest absolute Gasteiger partial charge is 0.488 e. The Labute approximate surface area is 204 Å². The van der Waals surface area contributed by atoms with Crippen LogP contribution in [0.1, 0.15) is 29.2 Å². The molecule has 3 aromatic rings. The van der Waals surface area contributed by atoms with Gasteiger partial charge in [-0.3, -0.25) is 9.59 Å². The lowest BCUT2D eigenvalue weighted by molar-refractivity contribution is -0.127. The van der Waals surface area contributed by atoms with Crippen molar-refractivity contribution in [2.75, 3.05) is 11.9 Å². The summed E-state index contributed by atoms with van der Waals surface area (Å²) in [6, 6.07) is 22.1. The zero-order chi connectivity index (χ0) is 24.8. The number of hydrogen-bond donors (Lipinski definition) is 2. The van der Waals surface area contributed by atoms with Gasteiger partial charge in [0, 0.05) is 11.3 Å². The van der Waals surface area contributed by atoms with E-state index in [0.29, 0.717) is 23.6 Å². The van der Waals surface area contributed by atoms with E-state index in [2.05, 4.69) is 10.6 Å². The molecule has 4 rings (SSSR count). The number of aryl methyl sites for hydroxylation is 2. The van der Waals surface area contributed by atoms with Crippen LogP contribution in [0, 0.1) is 6.92 Å². The van der Waals surface area contributed by atoms with E-state index in [1.54, 1.807) is 24.3 Å². The summed E-state index contributed by atoms with van der Waals surface area (Å²) in [5.74, 6) is -0.435. The molecule has 7 nitrogen and oxygen atoms in total. The van der Waals surface area contributed by atoms with Crippen molar-refractivity contribution in [3.05, 3.63) is 101 Å². The van der Waals surface area contributed by atoms with Crippen molar-refractivity contribution in [3.8, 4) is 5.75 Å². The number of carbonyl (C=O) groups excluding carboxylic acids is 3. The van der Waals surface area contributed by atoms with Crippen LogP contribution in [0.4, 0.5) is 10.5 Å². The van der Waals surface area contributed by atoms with E-state index in [9.17, 15) is 14.4 Å². The number of anilines is 1. The topological polar surface area (TPSA) is 87.7 Å². The molecule has 0 radical (unpaired) electrons. The molecule has 7 heteroatoms. The summed E-state index contributed by atoms with van der Waals surface area (Å²) in [6.45, 7) is 4.00. The van der Waals surface area contributed by atoms with Gasteiger partial charge in [0.05, 0.1) is 0 Å². The Morgan fingerprint density at radius 3 is 2.49 bits per heavy atom. The van der Waals surface area contributed by atoms with Crippen molar-refractivity contribution >= 4 is 29.6 Å². The molecule has 1 aliphatic rings. The van der Waals surface area contributed by atoms with E-state index in [4.69, 9.17) is 4.74 Å². The zero-order valence-corrected chi connectivity index (χ0v) is 19.7. The van der Waals surface area contributed by atoms with Crippen molar-refractivity contribution in [1.82, 2.24) is 10.2 Å². The van der Waals surface area contributed by atoms with Gasteiger partial charge >= 0.3 is 6.03 Å². The molecule has 178 valence electrons. The molecule has 0 aliphatic carbocycles. The summed E-state index contributed by atoms with van der Waals surface area (Å²) in [5.41, 5.74) is 4.56. The lowest BCUT2D eigenvalue weighted by Gasteiger charge is -2.13. The molecule has 0 unspecified atom stereocenters. The van der Waals surface area contributed by atoms with E-state index in [0.717, 1.165) is 22.4 Å². The number of ether oxygens (including phenoxy) is 1. The monoisotopic (exact) mass is 469 g/mol. The van der Waals surface area contributed by atoms with Crippen molar-refractivity contribution in [2.24, 2.45) is 0 Å². The summed E-state index contributed by atoms with van der Waals surface area (Å²) in [5, 5.41) is 5.35. The SMILES string of the molecule is CCc1ccccc1NC(=O)CN1C(=O)N/C(=C/c2ccccc2OCc2ccc(C)cc2)C1=O. The highest BCUT2D eigenvalue weighted by Crippen LogP contribution is 2.24. The molecule has 0 aromatic heterocycles. The first kappa shape index (κ1) is 23.8. The Kier molecular flexibility index (Phi) is 7.26. The molecule has 1 heterocycles. The van der Waals surface area contributed by atoms with Crippen LogP contribution in [0.15, 0.2) is 78.5 Å². The first-order chi connectivity index (χ1) is 16.9. The second-order valence-electron chi connectivity index (χ2n) is 8.25. The Hall–Kier alpha value is -4.39. The molecule has 1 aliphatic heterocycles. The van der Waals surface area contributed by atoms with Crippen LogP contribution >= 0.6 is 0 Å². The molecule has 0 bridgehead atoms. The maximum atomic E-state index is 12.9. The van der Waals surface area contributed by atoms with E-state index < -0.39 is 17.8 Å². The molecule has 3 aromatic carbocycles. The fourth-order valence-electron chi connectivity index (χ4n) is 3.73. The number of imide groups is 1. The molecule has 1 saturated heterocycles. The number of rotatable bonds is 8. The van der Waals surface area contributed by atoms with Crippen LogP contribution in [-0.4, -0.2) is 29.3 Å². The minimum absolute atomic E-state index is 0.0862. The smallest absolute Gasteiger partial charge is 0.329 e. The quantitative estimate of drug-likeness (QED) is 0.371. The second kappa shape index (κ2) is 10.7. The van der Waals surface area contributed by atoms with Gasteiger partial charge in [-0.1, -0.05) is 73.2 Å². The Morgan fingerprint density at radius 1 is 1.00 bits per heavy atom. The third-order valence-corrected chi connectivity index (χ3v) is 5.67. The van der Waals surface area contributed by atoms with Gasteiger partial charge in [-0.2, -0.15) is 0 Å². The highest BCUT2D eigenvalue weighted by molar-refractivity contribution is 6.16. The highest BCUT2D eigenvalue weighted by Gasteiger charge is 2.35. The molecule has 35 heavy (non-hydrogen) atoms. The van der Waals surface area contributed by atoms with Gasteiger partial charge in [-0.25, -0.2) is 9.69 Å². The number of carbonyl (C=O) groups is 3. The Bertz CT molecular complexity index is 1280. The number of amides is 4. The van der Waals surface area contributed by atoms with Crippen LogP contribution in [0.25, 0.3) is 6.08 Å². The van der Waals surface area contributed by atoms with Crippen LogP contribution in [0.3, 0.4) is 0 Å². The van der Waals surface area contributed by atoms with Crippen LogP contribution < -0.4 is 15.4 Å². The molecule has 4 amide bonds. The van der Waals surface area contributed by atoms with Gasteiger partial charge in [-0.05, 0) is 42.7 Å². The highest BCUT2D eigenvalue weighted by atomic mass is 16.5. The minimum atomic E-state index is -0.641. The summed E-state index contributed by atoms with van der Waals surface area (Å²) in [4.78, 5) is 38.8. The number of para-hydroxylation sites is 2. The van der Waals surface area contributed by atoms with Crippen molar-refractivity contribution in [3.63, 3.8) is 0 Å². The summed E-state index contributed by atoms with van der Waals surface area (Å²) < 4.78 is 5.97. The first-order valence-corrected chi connectivity index (χ1v) is 11.4. The maximum absolute atomic E-state index is 12.9. The lowest BCUT2D eigenvalue weighted by atomic mass is 10.1. The molecule has 0 atom stereocenters. The Balaban J connectivity index is 1.45. The number of nitrogens with zero attached hydrogens (tertiary/aromatic N) is 1. The fraction of sp³-hybridized carbons (Fsp3) is 0.179. The van der Waals surface area contributed by atoms with Gasteiger partial charge < -0.3 is 15.4 Å². The van der Waals surface area contributed by atoms with E-state index in [1.807, 2.05) is 68.4 Å². The van der Waals surface area contributed by atoms with E-state index in [1.165, 1.54) is 5.56 Å². The molecule has 1 fully saturated rings. The average Bonchev–Trinajstić information content (AvgIpc) is 3.12. The number of benzene rings is 3. The van der Waals surface area contributed by atoms with Gasteiger partial charge in [0.25, 0.3) is 5.91 Å². The third kappa shape index (κ3) is 5.76. The Morgan fingerprint density at radius 2 is 1.71 bits per heavy atom. The maximum Gasteiger partial charge on any atom is 0.329 e. The van der Waals surface area contributed by atoms with Gasteiger partial charge in [-0.15, -0.1) is 0 Å². The summed E-state index contributed by atoms with van der Waals surface area (Å²) >= 11 is 0. The first-order valence-electron chi connectivity index (χ1n) is 11.4. The van der Waals surface area contributed by atoms with Crippen molar-refractivity contribution in [1.29, 1.82) is 0 Å². The molecular weight excluding hydrogens is 442 g/mol. The predicted octanol–water partition coefficient (Wildman–Crippen LogP) is 4.67. The predicted molar refractivity (Wildman–Crippen MR) is 135 cm³/mol. The van der Waals surface area contributed by atoms with Crippen molar-refractivity contribution < 1.29 is 19.1 Å². The molecule has 0 saturated carbocycles. The van der Waals surface area contributed by atoms with Gasteiger partial charge in [0.1, 0.15) is 24.6 Å². The van der Waals surface area contributed by atoms with E-state index >= 15 is 0 Å². The molecule has 0 spiro atoms. The average molecular weight is 470 g/mol. The number of hydrogen-bond acceptors (Lipinski definition) is 4. The fourth-order valence-corrected chi connectivity index (χ4v) is 3.73. The summed E-state index contributed by atoms with van der Waals surface area (Å²) in [6.07, 6.45) is 2.31. The minimum Gasteiger partial charge on any atom is -0.488 e. The third-order valence-electron chi connectivity index (χ3n) is 5.67. The number of nitrogens with one attached hydrogen (secondary N) is 2. The van der Waals surface area contributed by atoms with Crippen LogP contribution in [-0.2, 0) is 22.6 Å². The van der Waals surface area contributed by atoms with Crippen LogP contribution in [0.5, 0.6) is 5.75 Å². The standard InChI is InChI=1S/C28H27N3O4/c1-3-21-8-4-6-10-23(21)29-26(32)17-31-27(33)24(30-28(31)34)16-22-9-5-7-11-25(22)35-18-20-14-12-19(2)13-15-20/h4-16H,3,17-18H2,1-2H3,(H,29,32)(H,30,34)/b24-16+. The molecular formula is C28H27N3O4.